The van der Waals surface area contributed by atoms with Crippen LogP contribution in [0.1, 0.15) is 13.3 Å². The molecule has 0 bridgehead atoms. The minimum absolute atomic E-state index is 0.00426. The summed E-state index contributed by atoms with van der Waals surface area (Å²) in [5, 5.41) is 2.77. The summed E-state index contributed by atoms with van der Waals surface area (Å²) in [6, 6.07) is -0.468. The predicted octanol–water partition coefficient (Wildman–Crippen LogP) is -0.0595. The Morgan fingerprint density at radius 1 is 1.26 bits per heavy atom. The van der Waals surface area contributed by atoms with Gasteiger partial charge in [-0.3, -0.25) is 4.79 Å². The third-order valence-electron chi connectivity index (χ3n) is 3.16. The first kappa shape index (κ1) is 16.1. The molecule has 1 atom stereocenters. The first-order valence-electron chi connectivity index (χ1n) is 6.66. The molecule has 0 unspecified atom stereocenters. The molecule has 0 saturated carbocycles. The molecule has 1 aliphatic rings. The molecule has 19 heavy (non-hydrogen) atoms. The second-order valence-corrected chi connectivity index (χ2v) is 5.52. The van der Waals surface area contributed by atoms with Crippen LogP contribution in [0.2, 0.25) is 0 Å². The summed E-state index contributed by atoms with van der Waals surface area (Å²) in [5.41, 5.74) is 5.88. The van der Waals surface area contributed by atoms with Crippen molar-refractivity contribution in [2.75, 3.05) is 44.7 Å². The third kappa shape index (κ3) is 4.91. The lowest BCUT2D eigenvalue weighted by Gasteiger charge is -2.35. The van der Waals surface area contributed by atoms with Crippen molar-refractivity contribution in [3.8, 4) is 0 Å². The standard InChI is InChI=1S/C12H24N4O2S/c1-3-14-12(18)16-7-5-15(6-8-16)11(17)10(13)4-9-19-2/h10H,3-9,13H2,1-2H3,(H,14,18)/t10-/m0/s1. The number of nitrogens with zero attached hydrogens (tertiary/aromatic N) is 2. The summed E-state index contributed by atoms with van der Waals surface area (Å²) in [6.45, 7) is 4.81. The number of urea groups is 1. The molecule has 6 nitrogen and oxygen atoms in total. The van der Waals surface area contributed by atoms with E-state index in [2.05, 4.69) is 5.32 Å². The quantitative estimate of drug-likeness (QED) is 0.743. The molecule has 1 fully saturated rings. The van der Waals surface area contributed by atoms with Crippen molar-refractivity contribution in [2.24, 2.45) is 5.73 Å². The molecule has 1 saturated heterocycles. The van der Waals surface area contributed by atoms with Crippen LogP contribution >= 0.6 is 11.8 Å². The van der Waals surface area contributed by atoms with Gasteiger partial charge >= 0.3 is 6.03 Å². The van der Waals surface area contributed by atoms with Gasteiger partial charge < -0.3 is 20.9 Å². The highest BCUT2D eigenvalue weighted by Crippen LogP contribution is 2.07. The average molecular weight is 288 g/mol. The summed E-state index contributed by atoms with van der Waals surface area (Å²) in [4.78, 5) is 27.2. The van der Waals surface area contributed by atoms with Crippen molar-refractivity contribution in [3.63, 3.8) is 0 Å². The van der Waals surface area contributed by atoms with E-state index < -0.39 is 6.04 Å². The summed E-state index contributed by atoms with van der Waals surface area (Å²) >= 11 is 1.69. The maximum Gasteiger partial charge on any atom is 0.317 e. The number of nitrogens with two attached hydrogens (primary N) is 1. The Morgan fingerprint density at radius 3 is 2.37 bits per heavy atom. The van der Waals surface area contributed by atoms with Gasteiger partial charge in [0.25, 0.3) is 0 Å². The predicted molar refractivity (Wildman–Crippen MR) is 78.2 cm³/mol. The van der Waals surface area contributed by atoms with Crippen LogP contribution in [0.3, 0.4) is 0 Å². The molecule has 0 aromatic heterocycles. The van der Waals surface area contributed by atoms with Crippen molar-refractivity contribution in [1.29, 1.82) is 0 Å². The fourth-order valence-corrected chi connectivity index (χ4v) is 2.49. The molecule has 0 aliphatic carbocycles. The number of hydrogen-bond donors (Lipinski definition) is 2. The van der Waals surface area contributed by atoms with Gasteiger partial charge in [0, 0.05) is 32.7 Å². The molecule has 110 valence electrons. The van der Waals surface area contributed by atoms with Crippen LogP contribution < -0.4 is 11.1 Å². The second kappa shape index (κ2) is 8.27. The van der Waals surface area contributed by atoms with Crippen LogP contribution in [0.5, 0.6) is 0 Å². The summed E-state index contributed by atoms with van der Waals surface area (Å²) < 4.78 is 0. The van der Waals surface area contributed by atoms with Gasteiger partial charge in [-0.2, -0.15) is 11.8 Å². The van der Waals surface area contributed by atoms with Crippen LogP contribution in [0.4, 0.5) is 4.79 Å². The number of rotatable bonds is 5. The summed E-state index contributed by atoms with van der Waals surface area (Å²) in [6.07, 6.45) is 2.71. The monoisotopic (exact) mass is 288 g/mol. The molecule has 0 radical (unpaired) electrons. The van der Waals surface area contributed by atoms with Crippen LogP contribution in [0, 0.1) is 0 Å². The molecular weight excluding hydrogens is 264 g/mol. The third-order valence-corrected chi connectivity index (χ3v) is 3.80. The molecule has 0 spiro atoms. The van der Waals surface area contributed by atoms with Crippen LogP contribution in [-0.4, -0.2) is 72.5 Å². The van der Waals surface area contributed by atoms with Gasteiger partial charge in [-0.15, -0.1) is 0 Å². The van der Waals surface area contributed by atoms with Gasteiger partial charge in [0.15, 0.2) is 0 Å². The van der Waals surface area contributed by atoms with Gasteiger partial charge in [0.05, 0.1) is 6.04 Å². The Kier molecular flexibility index (Phi) is 7.01. The van der Waals surface area contributed by atoms with E-state index >= 15 is 0 Å². The number of carbonyl (C=O) groups is 2. The SMILES string of the molecule is CCNC(=O)N1CCN(C(=O)[C@@H](N)CCSC)CC1. The zero-order valence-corrected chi connectivity index (χ0v) is 12.5. The second-order valence-electron chi connectivity index (χ2n) is 4.54. The van der Waals surface area contributed by atoms with Crippen molar-refractivity contribution in [2.45, 2.75) is 19.4 Å². The molecule has 0 aromatic rings. The number of nitrogens with one attached hydrogen (secondary N) is 1. The average Bonchev–Trinajstić information content (AvgIpc) is 2.44. The highest BCUT2D eigenvalue weighted by atomic mass is 32.2. The van der Waals surface area contributed by atoms with Gasteiger partial charge in [0.2, 0.25) is 5.91 Å². The number of hydrogen-bond acceptors (Lipinski definition) is 4. The van der Waals surface area contributed by atoms with E-state index in [1.165, 1.54) is 0 Å². The number of amides is 3. The highest BCUT2D eigenvalue weighted by Gasteiger charge is 2.26. The lowest BCUT2D eigenvalue weighted by Crippen LogP contribution is -2.56. The normalized spacial score (nSPS) is 17.2. The topological polar surface area (TPSA) is 78.7 Å². The molecule has 7 heteroatoms. The van der Waals surface area contributed by atoms with E-state index in [0.717, 1.165) is 5.75 Å². The van der Waals surface area contributed by atoms with E-state index in [1.807, 2.05) is 13.2 Å². The van der Waals surface area contributed by atoms with Crippen molar-refractivity contribution in [1.82, 2.24) is 15.1 Å². The van der Waals surface area contributed by atoms with Crippen LogP contribution in [0.15, 0.2) is 0 Å². The number of thioether (sulfide) groups is 1. The first-order chi connectivity index (χ1) is 9.10. The van der Waals surface area contributed by atoms with E-state index in [0.29, 0.717) is 39.1 Å². The zero-order chi connectivity index (χ0) is 14.3. The molecule has 3 N–H and O–H groups in total. The fourth-order valence-electron chi connectivity index (χ4n) is 2.00. The van der Waals surface area contributed by atoms with E-state index in [-0.39, 0.29) is 11.9 Å². The zero-order valence-electron chi connectivity index (χ0n) is 11.7. The largest absolute Gasteiger partial charge is 0.338 e. The molecule has 3 amide bonds. The lowest BCUT2D eigenvalue weighted by molar-refractivity contribution is -0.134. The van der Waals surface area contributed by atoms with Gasteiger partial charge in [-0.05, 0) is 25.4 Å². The van der Waals surface area contributed by atoms with Gasteiger partial charge in [-0.25, -0.2) is 4.79 Å². The molecule has 1 aliphatic heterocycles. The molecular formula is C12H24N4O2S. The molecule has 1 rings (SSSR count). The van der Waals surface area contributed by atoms with E-state index in [1.54, 1.807) is 21.6 Å². The summed E-state index contributed by atoms with van der Waals surface area (Å²) in [7, 11) is 0. The fraction of sp³-hybridized carbons (Fsp3) is 0.833. The lowest BCUT2D eigenvalue weighted by atomic mass is 10.2. The minimum Gasteiger partial charge on any atom is -0.338 e. The van der Waals surface area contributed by atoms with Crippen molar-refractivity contribution >= 4 is 23.7 Å². The Hall–Kier alpha value is -0.950. The maximum absolute atomic E-state index is 12.1. The smallest absolute Gasteiger partial charge is 0.317 e. The van der Waals surface area contributed by atoms with Crippen molar-refractivity contribution in [3.05, 3.63) is 0 Å². The Balaban J connectivity index is 2.36. The molecule has 1 heterocycles. The van der Waals surface area contributed by atoms with E-state index in [4.69, 9.17) is 5.73 Å². The van der Waals surface area contributed by atoms with Crippen LogP contribution in [-0.2, 0) is 4.79 Å². The maximum atomic E-state index is 12.1. The van der Waals surface area contributed by atoms with Crippen molar-refractivity contribution < 1.29 is 9.59 Å². The number of carbonyl (C=O) groups excluding carboxylic acids is 2. The first-order valence-corrected chi connectivity index (χ1v) is 8.05. The highest BCUT2D eigenvalue weighted by molar-refractivity contribution is 7.98. The number of piperazine rings is 1. The molecule has 0 aromatic carbocycles. The summed E-state index contributed by atoms with van der Waals surface area (Å²) in [5.74, 6) is 0.899. The Bertz CT molecular complexity index is 306. The van der Waals surface area contributed by atoms with E-state index in [9.17, 15) is 9.59 Å². The minimum atomic E-state index is -0.413. The van der Waals surface area contributed by atoms with Crippen LogP contribution in [0.25, 0.3) is 0 Å². The Morgan fingerprint density at radius 2 is 1.84 bits per heavy atom. The Labute approximate surface area is 119 Å². The van der Waals surface area contributed by atoms with Gasteiger partial charge in [0.1, 0.15) is 0 Å². The van der Waals surface area contributed by atoms with Gasteiger partial charge in [-0.1, -0.05) is 0 Å².